The number of pyridine rings is 1. The van der Waals surface area contributed by atoms with E-state index in [-0.39, 0.29) is 11.5 Å². The molecular formula is C24H30N4O. The summed E-state index contributed by atoms with van der Waals surface area (Å²) in [4.78, 5) is 4.32. The van der Waals surface area contributed by atoms with Gasteiger partial charge in [0, 0.05) is 41.7 Å². The van der Waals surface area contributed by atoms with Gasteiger partial charge in [-0.15, -0.1) is 5.10 Å². The molecule has 2 unspecified atom stereocenters. The zero-order valence-corrected chi connectivity index (χ0v) is 17.8. The zero-order valence-electron chi connectivity index (χ0n) is 17.8. The molecule has 4 rings (SSSR count). The quantitative estimate of drug-likeness (QED) is 0.656. The number of aromatic nitrogens is 3. The van der Waals surface area contributed by atoms with Gasteiger partial charge in [0.15, 0.2) is 5.82 Å². The van der Waals surface area contributed by atoms with Crippen LogP contribution in [0.4, 0.5) is 5.82 Å². The summed E-state index contributed by atoms with van der Waals surface area (Å²) < 4.78 is 5.85. The fraction of sp³-hybridized carbons (Fsp3) is 0.458. The second-order valence-corrected chi connectivity index (χ2v) is 8.78. The average molecular weight is 391 g/mol. The number of aryl methyl sites for hydroxylation is 1. The van der Waals surface area contributed by atoms with Crippen LogP contribution in [0.25, 0.3) is 10.8 Å². The van der Waals surface area contributed by atoms with E-state index in [4.69, 9.17) is 4.74 Å². The van der Waals surface area contributed by atoms with Crippen LogP contribution in [0.5, 0.6) is 0 Å². The van der Waals surface area contributed by atoms with E-state index in [1.807, 2.05) is 13.1 Å². The molecule has 2 atom stereocenters. The van der Waals surface area contributed by atoms with Crippen LogP contribution in [0.15, 0.2) is 42.6 Å². The van der Waals surface area contributed by atoms with E-state index in [1.54, 1.807) is 0 Å². The van der Waals surface area contributed by atoms with E-state index in [0.29, 0.717) is 5.92 Å². The van der Waals surface area contributed by atoms with Gasteiger partial charge in [0.05, 0.1) is 11.3 Å². The van der Waals surface area contributed by atoms with Gasteiger partial charge in [0.2, 0.25) is 0 Å². The van der Waals surface area contributed by atoms with Gasteiger partial charge < -0.3 is 10.1 Å². The normalized spacial score (nSPS) is 19.8. The second-order valence-electron chi connectivity index (χ2n) is 8.78. The lowest BCUT2D eigenvalue weighted by molar-refractivity contribution is -0.0699. The van der Waals surface area contributed by atoms with Crippen molar-refractivity contribution in [2.75, 3.05) is 18.5 Å². The van der Waals surface area contributed by atoms with Crippen molar-refractivity contribution in [3.05, 3.63) is 59.5 Å². The van der Waals surface area contributed by atoms with Gasteiger partial charge in [-0.05, 0) is 57.2 Å². The maximum Gasteiger partial charge on any atom is 0.156 e. The number of anilines is 1. The van der Waals surface area contributed by atoms with Crippen LogP contribution in [0, 0.1) is 12.8 Å². The molecule has 1 aliphatic heterocycles. The first kappa shape index (κ1) is 19.8. The number of nitrogens with one attached hydrogen (secondary N) is 1. The van der Waals surface area contributed by atoms with Crippen LogP contribution >= 0.6 is 0 Å². The van der Waals surface area contributed by atoms with E-state index in [9.17, 15) is 0 Å². The standard InChI is InChI=1S/C24H30N4O/c1-16-13-19(9-11-25-16)17(2)22-20-7-5-6-8-21(20)23(28-27-22)26-15-18-10-12-29-24(3,4)14-18/h5-9,11,13,17-18H,10,12,14-15H2,1-4H3,(H,26,28). The highest BCUT2D eigenvalue weighted by Gasteiger charge is 2.28. The highest BCUT2D eigenvalue weighted by Crippen LogP contribution is 2.32. The second kappa shape index (κ2) is 8.07. The minimum absolute atomic E-state index is 0.0414. The number of benzene rings is 1. The van der Waals surface area contributed by atoms with Gasteiger partial charge in [0.25, 0.3) is 0 Å². The van der Waals surface area contributed by atoms with E-state index in [1.165, 1.54) is 5.56 Å². The van der Waals surface area contributed by atoms with Crippen molar-refractivity contribution in [1.82, 2.24) is 15.2 Å². The molecule has 1 fully saturated rings. The summed E-state index contributed by atoms with van der Waals surface area (Å²) in [7, 11) is 0. The lowest BCUT2D eigenvalue weighted by Crippen LogP contribution is -2.36. The molecule has 5 heteroatoms. The van der Waals surface area contributed by atoms with Gasteiger partial charge in [-0.25, -0.2) is 0 Å². The van der Waals surface area contributed by atoms with Gasteiger partial charge in [-0.3, -0.25) is 4.98 Å². The van der Waals surface area contributed by atoms with E-state index >= 15 is 0 Å². The average Bonchev–Trinajstić information content (AvgIpc) is 2.71. The van der Waals surface area contributed by atoms with Crippen molar-refractivity contribution in [2.45, 2.75) is 52.1 Å². The van der Waals surface area contributed by atoms with Crippen molar-refractivity contribution < 1.29 is 4.74 Å². The van der Waals surface area contributed by atoms with Crippen molar-refractivity contribution in [2.24, 2.45) is 5.92 Å². The summed E-state index contributed by atoms with van der Waals surface area (Å²) in [6, 6.07) is 12.6. The third-order valence-electron chi connectivity index (χ3n) is 5.90. The lowest BCUT2D eigenvalue weighted by atomic mass is 9.88. The van der Waals surface area contributed by atoms with Crippen LogP contribution in [-0.4, -0.2) is 33.9 Å². The Hall–Kier alpha value is -2.53. The third-order valence-corrected chi connectivity index (χ3v) is 5.90. The zero-order chi connectivity index (χ0) is 20.4. The Morgan fingerprint density at radius 3 is 2.72 bits per heavy atom. The van der Waals surface area contributed by atoms with Crippen molar-refractivity contribution in [3.63, 3.8) is 0 Å². The van der Waals surface area contributed by atoms with E-state index < -0.39 is 0 Å². The summed E-state index contributed by atoms with van der Waals surface area (Å²) in [6.45, 7) is 10.3. The number of fused-ring (bicyclic) bond motifs is 1. The van der Waals surface area contributed by atoms with Gasteiger partial charge in [-0.2, -0.15) is 5.10 Å². The highest BCUT2D eigenvalue weighted by atomic mass is 16.5. The molecule has 0 bridgehead atoms. The van der Waals surface area contributed by atoms with Crippen molar-refractivity contribution >= 4 is 16.6 Å². The monoisotopic (exact) mass is 390 g/mol. The molecule has 1 aromatic carbocycles. The first-order chi connectivity index (χ1) is 13.9. The van der Waals surface area contributed by atoms with Crippen LogP contribution < -0.4 is 5.32 Å². The number of nitrogens with zero attached hydrogens (tertiary/aromatic N) is 3. The molecule has 152 valence electrons. The molecule has 1 saturated heterocycles. The molecule has 3 heterocycles. The number of rotatable bonds is 5. The van der Waals surface area contributed by atoms with Crippen molar-refractivity contribution in [3.8, 4) is 0 Å². The van der Waals surface area contributed by atoms with Gasteiger partial charge in [-0.1, -0.05) is 31.2 Å². The van der Waals surface area contributed by atoms with E-state index in [0.717, 1.165) is 54.0 Å². The lowest BCUT2D eigenvalue weighted by Gasteiger charge is -2.35. The SMILES string of the molecule is Cc1cc(C(C)c2nnc(NCC3CCOC(C)(C)C3)c3ccccc23)ccn1. The molecule has 0 aliphatic carbocycles. The van der Waals surface area contributed by atoms with Crippen LogP contribution in [0.3, 0.4) is 0 Å². The van der Waals surface area contributed by atoms with Gasteiger partial charge in [0.1, 0.15) is 0 Å². The predicted molar refractivity (Wildman–Crippen MR) is 117 cm³/mol. The predicted octanol–water partition coefficient (Wildman–Crippen LogP) is 5.10. The number of hydrogen-bond donors (Lipinski definition) is 1. The Morgan fingerprint density at radius 2 is 1.97 bits per heavy atom. The van der Waals surface area contributed by atoms with Crippen LogP contribution in [-0.2, 0) is 4.74 Å². The molecular weight excluding hydrogens is 360 g/mol. The molecule has 1 N–H and O–H groups in total. The molecule has 1 aliphatic rings. The van der Waals surface area contributed by atoms with Crippen LogP contribution in [0.1, 0.15) is 56.5 Å². The maximum atomic E-state index is 5.85. The largest absolute Gasteiger partial charge is 0.376 e. The Kier molecular flexibility index (Phi) is 5.50. The Labute approximate surface area is 172 Å². The first-order valence-electron chi connectivity index (χ1n) is 10.5. The summed E-state index contributed by atoms with van der Waals surface area (Å²) >= 11 is 0. The smallest absolute Gasteiger partial charge is 0.156 e. The number of hydrogen-bond acceptors (Lipinski definition) is 5. The molecule has 29 heavy (non-hydrogen) atoms. The molecule has 0 saturated carbocycles. The summed E-state index contributed by atoms with van der Waals surface area (Å²) in [6.07, 6.45) is 4.00. The minimum Gasteiger partial charge on any atom is -0.376 e. The van der Waals surface area contributed by atoms with E-state index in [2.05, 4.69) is 77.7 Å². The fourth-order valence-corrected chi connectivity index (χ4v) is 4.34. The fourth-order valence-electron chi connectivity index (χ4n) is 4.34. The molecule has 0 amide bonds. The Morgan fingerprint density at radius 1 is 1.17 bits per heavy atom. The molecule has 2 aromatic heterocycles. The Balaban J connectivity index is 1.60. The molecule has 5 nitrogen and oxygen atoms in total. The number of ether oxygens (including phenoxy) is 1. The van der Waals surface area contributed by atoms with Crippen LogP contribution in [0.2, 0.25) is 0 Å². The summed E-state index contributed by atoms with van der Waals surface area (Å²) in [5.74, 6) is 1.60. The highest BCUT2D eigenvalue weighted by molar-refractivity contribution is 5.93. The minimum atomic E-state index is -0.0414. The molecule has 0 radical (unpaired) electrons. The maximum absolute atomic E-state index is 5.85. The van der Waals surface area contributed by atoms with Gasteiger partial charge >= 0.3 is 0 Å². The van der Waals surface area contributed by atoms with Crippen molar-refractivity contribution in [1.29, 1.82) is 0 Å². The molecule has 0 spiro atoms. The summed E-state index contributed by atoms with van der Waals surface area (Å²) in [5, 5.41) is 15.1. The molecule has 3 aromatic rings. The third kappa shape index (κ3) is 4.40. The summed E-state index contributed by atoms with van der Waals surface area (Å²) in [5.41, 5.74) is 3.19. The topological polar surface area (TPSA) is 59.9 Å². The first-order valence-corrected chi connectivity index (χ1v) is 10.5. The Bertz CT molecular complexity index is 1000.